The number of aryl methyl sites for hydroxylation is 1. The van der Waals surface area contributed by atoms with Crippen molar-refractivity contribution in [2.24, 2.45) is 0 Å². The van der Waals surface area contributed by atoms with E-state index in [-0.39, 0.29) is 40.6 Å². The lowest BCUT2D eigenvalue weighted by molar-refractivity contribution is -0.291. The lowest BCUT2D eigenvalue weighted by atomic mass is 9.95. The first kappa shape index (κ1) is 33.8. The molecule has 0 fully saturated rings. The minimum atomic E-state index is -5.86. The van der Waals surface area contributed by atoms with Gasteiger partial charge < -0.3 is 5.32 Å². The molecule has 3 aromatic heterocycles. The third-order valence-corrected chi connectivity index (χ3v) is 8.07. The lowest BCUT2D eigenvalue weighted by Gasteiger charge is -2.17. The van der Waals surface area contributed by atoms with Crippen molar-refractivity contribution >= 4 is 57.6 Å². The predicted molar refractivity (Wildman–Crippen MR) is 163 cm³/mol. The number of hydrogen-bond donors (Lipinski definition) is 1. The second kappa shape index (κ2) is 13.5. The molecule has 3 heterocycles. The number of nitrogens with zero attached hydrogens (tertiary/aromatic N) is 6. The summed E-state index contributed by atoms with van der Waals surface area (Å²) in [6, 6.07) is 7.80. The zero-order valence-corrected chi connectivity index (χ0v) is 27.0. The van der Waals surface area contributed by atoms with Crippen LogP contribution in [0.3, 0.4) is 0 Å². The van der Waals surface area contributed by atoms with Gasteiger partial charge in [0.2, 0.25) is 0 Å². The second-order valence-corrected chi connectivity index (χ2v) is 12.3. The Labute approximate surface area is 271 Å². The van der Waals surface area contributed by atoms with Crippen LogP contribution in [0.2, 0.25) is 5.02 Å². The van der Waals surface area contributed by atoms with Crippen molar-refractivity contribution in [2.45, 2.75) is 45.0 Å². The van der Waals surface area contributed by atoms with Crippen LogP contribution in [0.5, 0.6) is 0 Å². The van der Waals surface area contributed by atoms with Crippen molar-refractivity contribution in [1.82, 2.24) is 35.1 Å². The third-order valence-electron chi connectivity index (χ3n) is 6.32. The van der Waals surface area contributed by atoms with Gasteiger partial charge in [-0.15, -0.1) is 0 Å². The normalized spacial score (nSPS) is 12.8. The van der Waals surface area contributed by atoms with Gasteiger partial charge in [-0.3, -0.25) is 9.59 Å². The molecule has 1 aromatic carbocycles. The number of halogens is 7. The molecule has 1 amide bonds. The molecule has 9 nitrogen and oxygen atoms in total. The average Bonchev–Trinajstić information content (AvgIpc) is 3.57. The van der Waals surface area contributed by atoms with Gasteiger partial charge in [-0.1, -0.05) is 11.6 Å². The van der Waals surface area contributed by atoms with Gasteiger partial charge in [-0.25, -0.2) is 9.67 Å². The SMILES string of the molecule is CSC[C@H](C)NC(=O)c1cc(I)cc(C)c1CC(=O)c1cc(Cn2ncc(C(F)(F)C(F)(F)F)n2)nn1-c1ncccc1Cl. The van der Waals surface area contributed by atoms with Gasteiger partial charge in [-0.05, 0) is 84.2 Å². The van der Waals surface area contributed by atoms with Crippen molar-refractivity contribution in [1.29, 1.82) is 0 Å². The Kier molecular flexibility index (Phi) is 10.3. The first-order valence-corrected chi connectivity index (χ1v) is 15.6. The van der Waals surface area contributed by atoms with Crippen molar-refractivity contribution in [3.05, 3.63) is 85.1 Å². The first-order valence-electron chi connectivity index (χ1n) is 12.8. The maximum atomic E-state index is 13.8. The Morgan fingerprint density at radius 1 is 1.16 bits per heavy atom. The summed E-state index contributed by atoms with van der Waals surface area (Å²) in [4.78, 5) is 31.9. The molecule has 0 aliphatic rings. The van der Waals surface area contributed by atoms with E-state index in [4.69, 9.17) is 11.6 Å². The molecule has 0 saturated carbocycles. The fraction of sp³-hybridized carbons (Fsp3) is 0.333. The number of pyridine rings is 1. The topological polar surface area (TPSA) is 108 Å². The molecule has 1 N–H and O–H groups in total. The zero-order valence-electron chi connectivity index (χ0n) is 23.3. The van der Waals surface area contributed by atoms with Crippen molar-refractivity contribution in [3.8, 4) is 5.82 Å². The summed E-state index contributed by atoms with van der Waals surface area (Å²) in [7, 11) is 0. The number of amides is 1. The number of aromatic nitrogens is 6. The summed E-state index contributed by atoms with van der Waals surface area (Å²) >= 11 is 10.0. The minimum absolute atomic E-state index is 0.0198. The Morgan fingerprint density at radius 3 is 2.55 bits per heavy atom. The number of thioether (sulfide) groups is 1. The Bertz CT molecular complexity index is 1700. The molecule has 0 aliphatic heterocycles. The summed E-state index contributed by atoms with van der Waals surface area (Å²) in [5, 5.41) is 14.2. The average molecular weight is 768 g/mol. The van der Waals surface area contributed by atoms with Gasteiger partial charge in [0.05, 0.1) is 16.9 Å². The molecule has 1 atom stereocenters. The van der Waals surface area contributed by atoms with E-state index in [2.05, 4.69) is 48.2 Å². The molecule has 0 unspecified atom stereocenters. The fourth-order valence-electron chi connectivity index (χ4n) is 4.26. The lowest BCUT2D eigenvalue weighted by Crippen LogP contribution is -2.35. The van der Waals surface area contributed by atoms with Crippen LogP contribution in [-0.2, 0) is 18.9 Å². The highest BCUT2D eigenvalue weighted by atomic mass is 127. The first-order chi connectivity index (χ1) is 20.6. The van der Waals surface area contributed by atoms with Gasteiger partial charge in [0.15, 0.2) is 17.3 Å². The van der Waals surface area contributed by atoms with Crippen LogP contribution in [0.4, 0.5) is 22.0 Å². The highest BCUT2D eigenvalue weighted by Crippen LogP contribution is 2.42. The molecule has 4 aromatic rings. The van der Waals surface area contributed by atoms with Gasteiger partial charge in [-0.2, -0.15) is 53.8 Å². The number of hydrogen-bond acceptors (Lipinski definition) is 7. The number of carbonyl (C=O) groups excluding carboxylic acids is 2. The molecule has 0 radical (unpaired) electrons. The molecule has 4 rings (SSSR count). The summed E-state index contributed by atoms with van der Waals surface area (Å²) in [5.41, 5.74) is -0.0335. The standard InChI is InChI=1S/C27H24ClF5IN7O2S/c1-14-7-16(34)8-19(25(43)37-15(2)13-44-3)18(14)10-22(42)21-9-17(38-41(21)24-20(28)5-4-6-35-24)12-40-36-11-23(39-40)26(29,30)27(31,32)33/h4-9,11,15H,10,12-13H2,1-3H3,(H,37,43)/t15-/m0/s1. The van der Waals surface area contributed by atoms with Crippen LogP contribution >= 0.6 is 46.0 Å². The van der Waals surface area contributed by atoms with E-state index in [0.717, 1.165) is 8.25 Å². The molecule has 0 saturated heterocycles. The number of ketones is 1. The van der Waals surface area contributed by atoms with Crippen molar-refractivity contribution in [2.75, 3.05) is 12.0 Å². The molecule has 0 bridgehead atoms. The van der Waals surface area contributed by atoms with E-state index in [1.165, 1.54) is 18.3 Å². The number of alkyl halides is 5. The smallest absolute Gasteiger partial charge is 0.349 e. The maximum absolute atomic E-state index is 13.8. The third kappa shape index (κ3) is 7.39. The molecular formula is C27H24ClF5IN7O2S. The summed E-state index contributed by atoms with van der Waals surface area (Å²) in [6.07, 6.45) is -2.43. The van der Waals surface area contributed by atoms with E-state index in [9.17, 15) is 31.5 Å². The molecule has 44 heavy (non-hydrogen) atoms. The van der Waals surface area contributed by atoms with Crippen LogP contribution in [-0.4, -0.2) is 65.7 Å². The molecule has 234 valence electrons. The monoisotopic (exact) mass is 767 g/mol. The second-order valence-electron chi connectivity index (χ2n) is 9.75. The largest absolute Gasteiger partial charge is 0.459 e. The van der Waals surface area contributed by atoms with Gasteiger partial charge in [0, 0.05) is 33.5 Å². The molecule has 0 spiro atoms. The van der Waals surface area contributed by atoms with Crippen LogP contribution in [0, 0.1) is 10.5 Å². The molecule has 0 aliphatic carbocycles. The number of rotatable bonds is 11. The molecular weight excluding hydrogens is 744 g/mol. The van der Waals surface area contributed by atoms with Crippen molar-refractivity contribution in [3.63, 3.8) is 0 Å². The summed E-state index contributed by atoms with van der Waals surface area (Å²) in [6.45, 7) is 3.20. The molecule has 17 heteroatoms. The minimum Gasteiger partial charge on any atom is -0.349 e. The predicted octanol–water partition coefficient (Wildman–Crippen LogP) is 6.03. The van der Waals surface area contributed by atoms with E-state index in [1.54, 1.807) is 30.8 Å². The Hall–Kier alpha value is -3.12. The summed E-state index contributed by atoms with van der Waals surface area (Å²) < 4.78 is 67.9. The highest BCUT2D eigenvalue weighted by Gasteiger charge is 2.60. The number of nitrogens with one attached hydrogen (secondary N) is 1. The number of benzene rings is 1. The summed E-state index contributed by atoms with van der Waals surface area (Å²) in [5.74, 6) is -5.27. The van der Waals surface area contributed by atoms with E-state index >= 15 is 0 Å². The quantitative estimate of drug-likeness (QED) is 0.113. The van der Waals surface area contributed by atoms with E-state index in [1.807, 2.05) is 19.2 Å². The highest BCUT2D eigenvalue weighted by molar-refractivity contribution is 14.1. The van der Waals surface area contributed by atoms with Crippen LogP contribution < -0.4 is 5.32 Å². The van der Waals surface area contributed by atoms with E-state index in [0.29, 0.717) is 33.4 Å². The fourth-order valence-corrected chi connectivity index (χ4v) is 5.83. The Balaban J connectivity index is 1.71. The number of carbonyl (C=O) groups is 2. The van der Waals surface area contributed by atoms with E-state index < -0.39 is 30.1 Å². The maximum Gasteiger partial charge on any atom is 0.459 e. The van der Waals surface area contributed by atoms with Crippen LogP contribution in [0.25, 0.3) is 5.82 Å². The van der Waals surface area contributed by atoms with Crippen LogP contribution in [0.15, 0.2) is 42.7 Å². The zero-order chi connectivity index (χ0) is 32.4. The number of Topliss-reactive ketones (excluding diaryl/α,β-unsaturated/α-hetero) is 1. The van der Waals surface area contributed by atoms with Gasteiger partial charge in [0.25, 0.3) is 5.91 Å². The van der Waals surface area contributed by atoms with Gasteiger partial charge in [0.1, 0.15) is 12.2 Å². The Morgan fingerprint density at radius 2 is 1.89 bits per heavy atom. The van der Waals surface area contributed by atoms with Gasteiger partial charge >= 0.3 is 12.1 Å². The van der Waals surface area contributed by atoms with Crippen molar-refractivity contribution < 1.29 is 31.5 Å². The van der Waals surface area contributed by atoms with Crippen LogP contribution in [0.1, 0.15) is 50.3 Å².